The van der Waals surface area contributed by atoms with Gasteiger partial charge < -0.3 is 11.1 Å². The zero-order valence-electron chi connectivity index (χ0n) is 11.9. The summed E-state index contributed by atoms with van der Waals surface area (Å²) in [6.07, 6.45) is 3.14. The van der Waals surface area contributed by atoms with Crippen molar-refractivity contribution in [3.05, 3.63) is 0 Å². The van der Waals surface area contributed by atoms with Crippen molar-refractivity contribution in [2.45, 2.75) is 45.6 Å². The van der Waals surface area contributed by atoms with Gasteiger partial charge >= 0.3 is 0 Å². The summed E-state index contributed by atoms with van der Waals surface area (Å²) in [6, 6.07) is 0.130. The van der Waals surface area contributed by atoms with E-state index in [4.69, 9.17) is 5.73 Å². The van der Waals surface area contributed by atoms with Crippen LogP contribution in [0.5, 0.6) is 0 Å². The third kappa shape index (κ3) is 5.91. The van der Waals surface area contributed by atoms with Crippen LogP contribution in [0.15, 0.2) is 0 Å². The van der Waals surface area contributed by atoms with E-state index in [0.717, 1.165) is 19.3 Å². The first kappa shape index (κ1) is 16.4. The summed E-state index contributed by atoms with van der Waals surface area (Å²) in [5, 5.41) is 2.92. The Morgan fingerprint density at radius 1 is 1.37 bits per heavy atom. The Bertz CT molecular complexity index is 393. The monoisotopic (exact) mass is 290 g/mol. The van der Waals surface area contributed by atoms with Crippen molar-refractivity contribution in [1.82, 2.24) is 5.32 Å². The number of nitrogens with two attached hydrogens (primary N) is 1. The zero-order valence-corrected chi connectivity index (χ0v) is 12.7. The number of amides is 1. The molecule has 1 fully saturated rings. The van der Waals surface area contributed by atoms with Crippen LogP contribution in [0, 0.1) is 11.8 Å². The lowest BCUT2D eigenvalue weighted by Crippen LogP contribution is -2.40. The molecule has 1 amide bonds. The summed E-state index contributed by atoms with van der Waals surface area (Å²) < 4.78 is 23.4. The van der Waals surface area contributed by atoms with Gasteiger partial charge in [-0.2, -0.15) is 0 Å². The zero-order chi connectivity index (χ0) is 14.5. The van der Waals surface area contributed by atoms with Crippen molar-refractivity contribution in [3.63, 3.8) is 0 Å². The van der Waals surface area contributed by atoms with Gasteiger partial charge in [-0.05, 0) is 31.2 Å². The molecule has 0 aromatic heterocycles. The second kappa shape index (κ2) is 7.24. The Labute approximate surface area is 116 Å². The summed E-state index contributed by atoms with van der Waals surface area (Å²) in [5.74, 6) is 0.366. The lowest BCUT2D eigenvalue weighted by Gasteiger charge is -2.19. The average molecular weight is 290 g/mol. The molecule has 6 heteroatoms. The molecule has 0 heterocycles. The highest BCUT2D eigenvalue weighted by atomic mass is 32.2. The first-order chi connectivity index (χ1) is 8.84. The van der Waals surface area contributed by atoms with Crippen molar-refractivity contribution in [3.8, 4) is 0 Å². The molecular formula is C13H26N2O3S. The van der Waals surface area contributed by atoms with Gasteiger partial charge in [-0.3, -0.25) is 4.79 Å². The van der Waals surface area contributed by atoms with Crippen LogP contribution in [0.3, 0.4) is 0 Å². The van der Waals surface area contributed by atoms with Crippen LogP contribution in [-0.4, -0.2) is 38.4 Å². The molecule has 1 aliphatic rings. The van der Waals surface area contributed by atoms with Crippen molar-refractivity contribution in [2.75, 3.05) is 18.1 Å². The van der Waals surface area contributed by atoms with Crippen LogP contribution in [0.1, 0.15) is 39.5 Å². The van der Waals surface area contributed by atoms with Gasteiger partial charge in [-0.25, -0.2) is 8.42 Å². The number of nitrogens with one attached hydrogen (secondary N) is 1. The molecule has 112 valence electrons. The third-order valence-corrected chi connectivity index (χ3v) is 5.54. The molecule has 0 radical (unpaired) electrons. The first-order valence-corrected chi connectivity index (χ1v) is 8.86. The smallest absolute Gasteiger partial charge is 0.221 e. The fourth-order valence-electron chi connectivity index (χ4n) is 2.63. The minimum atomic E-state index is -3.11. The van der Waals surface area contributed by atoms with Crippen molar-refractivity contribution < 1.29 is 13.2 Å². The van der Waals surface area contributed by atoms with Crippen LogP contribution in [0.2, 0.25) is 0 Å². The Hall–Kier alpha value is -0.620. The number of hydrogen-bond acceptors (Lipinski definition) is 4. The SMILES string of the molecule is CC(C)CS(=O)(=O)CCC(=O)NC1CCCC1CN. The molecule has 2 unspecified atom stereocenters. The summed E-state index contributed by atoms with van der Waals surface area (Å²) in [7, 11) is -3.11. The van der Waals surface area contributed by atoms with Gasteiger partial charge in [0.15, 0.2) is 9.84 Å². The Morgan fingerprint density at radius 3 is 2.63 bits per heavy atom. The fraction of sp³-hybridized carbons (Fsp3) is 0.923. The molecule has 0 aliphatic heterocycles. The van der Waals surface area contributed by atoms with Crippen LogP contribution in [0.25, 0.3) is 0 Å². The largest absolute Gasteiger partial charge is 0.353 e. The van der Waals surface area contributed by atoms with Gasteiger partial charge in [0.1, 0.15) is 0 Å². The van der Waals surface area contributed by atoms with E-state index >= 15 is 0 Å². The number of sulfone groups is 1. The second-order valence-corrected chi connectivity index (χ2v) is 8.09. The van der Waals surface area contributed by atoms with E-state index in [-0.39, 0.29) is 35.8 Å². The third-order valence-electron chi connectivity index (χ3n) is 3.54. The molecule has 1 saturated carbocycles. The van der Waals surface area contributed by atoms with E-state index in [1.807, 2.05) is 13.8 Å². The van der Waals surface area contributed by atoms with Crippen molar-refractivity contribution in [2.24, 2.45) is 17.6 Å². The first-order valence-electron chi connectivity index (χ1n) is 7.04. The van der Waals surface area contributed by atoms with E-state index < -0.39 is 9.84 Å². The molecule has 2 atom stereocenters. The molecule has 1 aliphatic carbocycles. The normalized spacial score (nSPS) is 23.8. The van der Waals surface area contributed by atoms with Gasteiger partial charge in [0, 0.05) is 12.5 Å². The summed E-state index contributed by atoms with van der Waals surface area (Å²) >= 11 is 0. The Morgan fingerprint density at radius 2 is 2.05 bits per heavy atom. The number of carbonyl (C=O) groups excluding carboxylic acids is 1. The van der Waals surface area contributed by atoms with E-state index in [2.05, 4.69) is 5.32 Å². The minimum absolute atomic E-state index is 0.0584. The maximum absolute atomic E-state index is 11.8. The molecule has 1 rings (SSSR count). The fourth-order valence-corrected chi connectivity index (χ4v) is 4.31. The molecule has 0 aromatic carbocycles. The quantitative estimate of drug-likeness (QED) is 0.722. The van der Waals surface area contributed by atoms with Crippen LogP contribution in [-0.2, 0) is 14.6 Å². The Kier molecular flexibility index (Phi) is 6.26. The summed E-state index contributed by atoms with van der Waals surface area (Å²) in [6.45, 7) is 4.31. The van der Waals surface area contributed by atoms with Crippen molar-refractivity contribution in [1.29, 1.82) is 0 Å². The van der Waals surface area contributed by atoms with Crippen LogP contribution >= 0.6 is 0 Å². The topological polar surface area (TPSA) is 89.3 Å². The van der Waals surface area contributed by atoms with Crippen molar-refractivity contribution >= 4 is 15.7 Å². The molecule has 0 saturated heterocycles. The standard InChI is InChI=1S/C13H26N2O3S/c1-10(2)9-19(17,18)7-6-13(16)15-12-5-3-4-11(12)8-14/h10-12H,3-9,14H2,1-2H3,(H,15,16). The van der Waals surface area contributed by atoms with E-state index in [9.17, 15) is 13.2 Å². The number of carbonyl (C=O) groups is 1. The molecule has 3 N–H and O–H groups in total. The average Bonchev–Trinajstić information content (AvgIpc) is 2.72. The summed E-state index contributed by atoms with van der Waals surface area (Å²) in [5.41, 5.74) is 5.65. The molecule has 0 spiro atoms. The maximum atomic E-state index is 11.8. The number of hydrogen-bond donors (Lipinski definition) is 2. The predicted octanol–water partition coefficient (Wildman–Crippen LogP) is 0.691. The van der Waals surface area contributed by atoms with Crippen LogP contribution in [0.4, 0.5) is 0 Å². The van der Waals surface area contributed by atoms with Gasteiger partial charge in [-0.1, -0.05) is 20.3 Å². The molecule has 0 bridgehead atoms. The van der Waals surface area contributed by atoms with Crippen LogP contribution < -0.4 is 11.1 Å². The second-order valence-electron chi connectivity index (χ2n) is 5.86. The predicted molar refractivity (Wildman–Crippen MR) is 76.4 cm³/mol. The molecule has 0 aromatic rings. The minimum Gasteiger partial charge on any atom is -0.353 e. The van der Waals surface area contributed by atoms with Gasteiger partial charge in [0.2, 0.25) is 5.91 Å². The van der Waals surface area contributed by atoms with Gasteiger partial charge in [-0.15, -0.1) is 0 Å². The summed E-state index contributed by atoms with van der Waals surface area (Å²) in [4.78, 5) is 11.8. The highest BCUT2D eigenvalue weighted by molar-refractivity contribution is 7.91. The Balaban J connectivity index is 2.36. The molecule has 19 heavy (non-hydrogen) atoms. The highest BCUT2D eigenvalue weighted by Gasteiger charge is 2.27. The van der Waals surface area contributed by atoms with E-state index in [1.54, 1.807) is 0 Å². The lowest BCUT2D eigenvalue weighted by atomic mass is 10.0. The molecular weight excluding hydrogens is 264 g/mol. The molecule has 5 nitrogen and oxygen atoms in total. The van der Waals surface area contributed by atoms with E-state index in [0.29, 0.717) is 12.5 Å². The van der Waals surface area contributed by atoms with E-state index in [1.165, 1.54) is 0 Å². The van der Waals surface area contributed by atoms with Gasteiger partial charge in [0.25, 0.3) is 0 Å². The lowest BCUT2D eigenvalue weighted by molar-refractivity contribution is -0.121. The highest BCUT2D eigenvalue weighted by Crippen LogP contribution is 2.24. The van der Waals surface area contributed by atoms with Gasteiger partial charge in [0.05, 0.1) is 11.5 Å². The maximum Gasteiger partial charge on any atom is 0.221 e. The number of rotatable bonds is 7.